The highest BCUT2D eigenvalue weighted by molar-refractivity contribution is 5.30. The summed E-state index contributed by atoms with van der Waals surface area (Å²) >= 11 is 0. The van der Waals surface area contributed by atoms with Crippen LogP contribution in [0.15, 0.2) is 11.1 Å². The van der Waals surface area contributed by atoms with Crippen molar-refractivity contribution in [2.45, 2.75) is 57.4 Å². The van der Waals surface area contributed by atoms with Gasteiger partial charge in [-0.25, -0.2) is 0 Å². The van der Waals surface area contributed by atoms with Crippen molar-refractivity contribution in [3.8, 4) is 0 Å². The molecule has 0 amide bonds. The fourth-order valence-corrected chi connectivity index (χ4v) is 4.40. The van der Waals surface area contributed by atoms with Crippen LogP contribution in [0.2, 0.25) is 0 Å². The molecule has 0 radical (unpaired) electrons. The Balaban J connectivity index is 2.05. The molecule has 0 aromatic rings. The SMILES string of the molecule is C[C@]12CCCC[N@+]1(C)CCC1=C2CCC1. The van der Waals surface area contributed by atoms with E-state index in [1.54, 1.807) is 0 Å². The van der Waals surface area contributed by atoms with Gasteiger partial charge in [-0.1, -0.05) is 5.57 Å². The van der Waals surface area contributed by atoms with Gasteiger partial charge in [-0.05, 0) is 44.6 Å². The van der Waals surface area contributed by atoms with Crippen molar-refractivity contribution in [1.29, 1.82) is 0 Å². The van der Waals surface area contributed by atoms with Crippen molar-refractivity contribution in [2.24, 2.45) is 0 Å². The van der Waals surface area contributed by atoms with Gasteiger partial charge in [0.25, 0.3) is 0 Å². The zero-order chi connectivity index (χ0) is 10.5. The molecule has 1 fully saturated rings. The van der Waals surface area contributed by atoms with Gasteiger partial charge in [-0.15, -0.1) is 0 Å². The predicted octanol–water partition coefficient (Wildman–Crippen LogP) is 3.26. The third-order valence-electron chi connectivity index (χ3n) is 5.65. The molecule has 1 heteroatoms. The van der Waals surface area contributed by atoms with Crippen LogP contribution in [0.5, 0.6) is 0 Å². The van der Waals surface area contributed by atoms with Crippen LogP contribution in [0.4, 0.5) is 0 Å². The second-order valence-electron chi connectivity index (χ2n) is 6.26. The molecule has 0 unspecified atom stereocenters. The monoisotopic (exact) mass is 206 g/mol. The Morgan fingerprint density at radius 2 is 1.87 bits per heavy atom. The average molecular weight is 206 g/mol. The fraction of sp³-hybridized carbons (Fsp3) is 0.857. The van der Waals surface area contributed by atoms with Crippen molar-refractivity contribution >= 4 is 0 Å². The quantitative estimate of drug-likeness (QED) is 0.421. The Hall–Kier alpha value is -0.300. The summed E-state index contributed by atoms with van der Waals surface area (Å²) in [4.78, 5) is 0. The lowest BCUT2D eigenvalue weighted by molar-refractivity contribution is -0.958. The number of fused-ring (bicyclic) bond motifs is 2. The van der Waals surface area contributed by atoms with Crippen LogP contribution in [0.3, 0.4) is 0 Å². The van der Waals surface area contributed by atoms with Crippen molar-refractivity contribution in [2.75, 3.05) is 20.1 Å². The zero-order valence-corrected chi connectivity index (χ0v) is 10.3. The molecule has 2 atom stereocenters. The van der Waals surface area contributed by atoms with Gasteiger partial charge in [-0.3, -0.25) is 0 Å². The van der Waals surface area contributed by atoms with Crippen molar-refractivity contribution in [3.63, 3.8) is 0 Å². The molecule has 0 N–H and O–H groups in total. The largest absolute Gasteiger partial charge is 0.318 e. The molecule has 0 saturated carbocycles. The molecule has 3 aliphatic rings. The summed E-state index contributed by atoms with van der Waals surface area (Å²) in [6, 6.07) is 0. The van der Waals surface area contributed by atoms with Crippen molar-refractivity contribution in [3.05, 3.63) is 11.1 Å². The van der Waals surface area contributed by atoms with E-state index in [-0.39, 0.29) is 0 Å². The summed E-state index contributed by atoms with van der Waals surface area (Å²) in [6.07, 6.45) is 10.0. The third-order valence-corrected chi connectivity index (χ3v) is 5.65. The molecule has 15 heavy (non-hydrogen) atoms. The van der Waals surface area contributed by atoms with E-state index in [1.165, 1.54) is 62.5 Å². The van der Waals surface area contributed by atoms with Crippen LogP contribution in [-0.2, 0) is 0 Å². The summed E-state index contributed by atoms with van der Waals surface area (Å²) in [5.41, 5.74) is 4.27. The average Bonchev–Trinajstić information content (AvgIpc) is 2.68. The van der Waals surface area contributed by atoms with Gasteiger partial charge in [0.2, 0.25) is 0 Å². The number of rotatable bonds is 0. The molecule has 0 aromatic carbocycles. The number of likely N-dealkylation sites (N-methyl/N-ethyl adjacent to an activating group) is 1. The normalized spacial score (nSPS) is 45.2. The van der Waals surface area contributed by atoms with Gasteiger partial charge in [0.1, 0.15) is 5.54 Å². The fourth-order valence-electron chi connectivity index (χ4n) is 4.40. The molecule has 1 nitrogen and oxygen atoms in total. The molecule has 2 heterocycles. The molecule has 0 spiro atoms. The first-order chi connectivity index (χ1) is 7.16. The Morgan fingerprint density at radius 3 is 2.73 bits per heavy atom. The van der Waals surface area contributed by atoms with E-state index < -0.39 is 0 Å². The molecule has 84 valence electrons. The summed E-state index contributed by atoms with van der Waals surface area (Å²) in [6.45, 7) is 5.40. The van der Waals surface area contributed by atoms with Gasteiger partial charge in [0.15, 0.2) is 0 Å². The van der Waals surface area contributed by atoms with Crippen molar-refractivity contribution in [1.82, 2.24) is 0 Å². The van der Waals surface area contributed by atoms with Crippen LogP contribution >= 0.6 is 0 Å². The van der Waals surface area contributed by atoms with Crippen LogP contribution < -0.4 is 0 Å². The third kappa shape index (κ3) is 1.19. The summed E-state index contributed by atoms with van der Waals surface area (Å²) < 4.78 is 1.35. The summed E-state index contributed by atoms with van der Waals surface area (Å²) in [5, 5.41) is 0. The molecule has 1 aliphatic carbocycles. The number of hydrogen-bond donors (Lipinski definition) is 0. The first kappa shape index (κ1) is 9.89. The number of quaternary nitrogens is 1. The number of piperidine rings is 1. The minimum atomic E-state index is 0.530. The number of hydrogen-bond acceptors (Lipinski definition) is 0. The lowest BCUT2D eigenvalue weighted by Crippen LogP contribution is -2.65. The van der Waals surface area contributed by atoms with Crippen molar-refractivity contribution < 1.29 is 4.48 Å². The van der Waals surface area contributed by atoms with Gasteiger partial charge in [0, 0.05) is 12.8 Å². The smallest absolute Gasteiger partial charge is 0.118 e. The Morgan fingerprint density at radius 1 is 1.00 bits per heavy atom. The molecule has 1 saturated heterocycles. The molecule has 2 aliphatic heterocycles. The van der Waals surface area contributed by atoms with Gasteiger partial charge in [-0.2, -0.15) is 0 Å². The highest BCUT2D eigenvalue weighted by atomic mass is 15.4. The maximum atomic E-state index is 2.56. The molecule has 0 bridgehead atoms. The second-order valence-corrected chi connectivity index (χ2v) is 6.26. The molecule has 3 rings (SSSR count). The Bertz CT molecular complexity index is 317. The van der Waals surface area contributed by atoms with Gasteiger partial charge < -0.3 is 4.48 Å². The highest BCUT2D eigenvalue weighted by Crippen LogP contribution is 2.49. The van der Waals surface area contributed by atoms with E-state index in [2.05, 4.69) is 14.0 Å². The minimum Gasteiger partial charge on any atom is -0.318 e. The summed E-state index contributed by atoms with van der Waals surface area (Å²) in [5.74, 6) is 0. The van der Waals surface area contributed by atoms with E-state index in [9.17, 15) is 0 Å². The van der Waals surface area contributed by atoms with Crippen LogP contribution in [0, 0.1) is 0 Å². The van der Waals surface area contributed by atoms with E-state index >= 15 is 0 Å². The van der Waals surface area contributed by atoms with E-state index in [4.69, 9.17) is 0 Å². The lowest BCUT2D eigenvalue weighted by atomic mass is 9.74. The first-order valence-corrected chi connectivity index (χ1v) is 6.72. The zero-order valence-electron chi connectivity index (χ0n) is 10.3. The molecule has 0 aromatic heterocycles. The van der Waals surface area contributed by atoms with Gasteiger partial charge in [0.05, 0.1) is 20.1 Å². The molecular weight excluding hydrogens is 182 g/mol. The van der Waals surface area contributed by atoms with Crippen LogP contribution in [0.25, 0.3) is 0 Å². The number of nitrogens with zero attached hydrogens (tertiary/aromatic N) is 1. The minimum absolute atomic E-state index is 0.530. The van der Waals surface area contributed by atoms with Crippen LogP contribution in [0.1, 0.15) is 51.9 Å². The van der Waals surface area contributed by atoms with E-state index in [0.29, 0.717) is 5.54 Å². The van der Waals surface area contributed by atoms with E-state index in [1.807, 2.05) is 11.1 Å². The maximum Gasteiger partial charge on any atom is 0.118 e. The topological polar surface area (TPSA) is 0 Å². The highest BCUT2D eigenvalue weighted by Gasteiger charge is 2.52. The Labute approximate surface area is 93.7 Å². The Kier molecular flexibility index (Phi) is 2.04. The summed E-state index contributed by atoms with van der Waals surface area (Å²) in [7, 11) is 2.52. The van der Waals surface area contributed by atoms with Crippen LogP contribution in [-0.4, -0.2) is 30.2 Å². The predicted molar refractivity (Wildman–Crippen MR) is 63.7 cm³/mol. The van der Waals surface area contributed by atoms with Gasteiger partial charge >= 0.3 is 0 Å². The standard InChI is InChI=1S/C14H24N/c1-14-9-3-4-10-15(14,2)11-8-12-6-5-7-13(12)14/h3-11H2,1-2H3/q+1/t14-,15-/m1/s1. The maximum absolute atomic E-state index is 2.56. The second kappa shape index (κ2) is 3.10. The first-order valence-electron chi connectivity index (χ1n) is 6.72. The lowest BCUT2D eigenvalue weighted by Gasteiger charge is -2.56. The molecular formula is C14H24N+. The van der Waals surface area contributed by atoms with E-state index in [0.717, 1.165) is 0 Å².